The Kier molecular flexibility index (Phi) is 9.73. The summed E-state index contributed by atoms with van der Waals surface area (Å²) in [6.45, 7) is 7.89. The van der Waals surface area contributed by atoms with E-state index in [0.717, 1.165) is 11.1 Å². The van der Waals surface area contributed by atoms with Crippen molar-refractivity contribution in [3.05, 3.63) is 90.0 Å². The molecule has 5 nitrogen and oxygen atoms in total. The third-order valence-corrected chi connectivity index (χ3v) is 4.96. The molecule has 3 aromatic carbocycles. The van der Waals surface area contributed by atoms with E-state index >= 15 is 0 Å². The molecule has 0 aliphatic carbocycles. The van der Waals surface area contributed by atoms with Gasteiger partial charge in [-0.2, -0.15) is 0 Å². The molecule has 0 amide bonds. The number of carbonyl (C=O) groups is 1. The summed E-state index contributed by atoms with van der Waals surface area (Å²) in [5.41, 5.74) is 4.34. The van der Waals surface area contributed by atoms with Gasteiger partial charge in [-0.15, -0.1) is 9.42 Å². The highest BCUT2D eigenvalue weighted by atomic mass is 31.1. The van der Waals surface area contributed by atoms with Crippen LogP contribution < -0.4 is 4.74 Å². The summed E-state index contributed by atoms with van der Waals surface area (Å²) in [6.07, 6.45) is -0.0703. The molecule has 0 fully saturated rings. The van der Waals surface area contributed by atoms with Crippen molar-refractivity contribution in [3.8, 4) is 16.9 Å². The lowest BCUT2D eigenvalue weighted by molar-refractivity contribution is -0.134. The number of hydrogen-bond acceptors (Lipinski definition) is 4. The van der Waals surface area contributed by atoms with Crippen LogP contribution in [-0.2, 0) is 19.3 Å². The van der Waals surface area contributed by atoms with Gasteiger partial charge in [0.1, 0.15) is 12.4 Å². The minimum absolute atomic E-state index is 0.0703. The Hall–Kier alpha value is -2.85. The fraction of sp³-hybridized carbons (Fsp3) is 0.269. The lowest BCUT2D eigenvalue weighted by Gasteiger charge is -2.22. The van der Waals surface area contributed by atoms with Crippen molar-refractivity contribution >= 4 is 14.2 Å². The van der Waals surface area contributed by atoms with Crippen LogP contribution in [0.25, 0.3) is 11.1 Å². The van der Waals surface area contributed by atoms with E-state index < -0.39 is 14.2 Å². The van der Waals surface area contributed by atoms with Crippen molar-refractivity contribution in [2.24, 2.45) is 0 Å². The van der Waals surface area contributed by atoms with Crippen LogP contribution in [0.1, 0.15) is 38.3 Å². The Morgan fingerprint density at radius 2 is 1.44 bits per heavy atom. The van der Waals surface area contributed by atoms with Gasteiger partial charge >= 0.3 is 14.2 Å². The summed E-state index contributed by atoms with van der Waals surface area (Å²) in [4.78, 5) is 20.2. The molecule has 0 saturated heterocycles. The molecule has 0 radical (unpaired) electrons. The van der Waals surface area contributed by atoms with Gasteiger partial charge in [-0.3, -0.25) is 4.79 Å². The molecule has 3 aromatic rings. The molecule has 0 bridgehead atoms. The fourth-order valence-corrected chi connectivity index (χ4v) is 3.22. The maximum Gasteiger partial charge on any atom is 0.694 e. The van der Waals surface area contributed by atoms with Crippen LogP contribution in [0.3, 0.4) is 0 Å². The number of rotatable bonds is 6. The molecule has 0 aliphatic heterocycles. The Labute approximate surface area is 191 Å². The third kappa shape index (κ3) is 8.72. The highest BCUT2D eigenvalue weighted by molar-refractivity contribution is 7.32. The first kappa shape index (κ1) is 25.4. The van der Waals surface area contributed by atoms with Gasteiger partial charge in [-0.25, -0.2) is 0 Å². The Bertz CT molecular complexity index is 974. The summed E-state index contributed by atoms with van der Waals surface area (Å²) in [5.74, 6) is 0.0360. The lowest BCUT2D eigenvalue weighted by atomic mass is 9.86. The summed E-state index contributed by atoms with van der Waals surface area (Å²) in [5, 5.41) is 0. The lowest BCUT2D eigenvalue weighted by Crippen LogP contribution is -2.17. The van der Waals surface area contributed by atoms with Gasteiger partial charge in [0, 0.05) is 10.1 Å². The van der Waals surface area contributed by atoms with E-state index in [1.165, 1.54) is 11.1 Å². The monoisotopic (exact) mass is 453 g/mol. The standard InChI is InChI=1S/C14H19O5P.C12H10/c1-10-5-6-11(14(2,3)4)12(9-10)19-13(15)7-8-18-20(16)17;1-3-7-11(8-4-1)12-9-5-2-6-10-12/h5-6,9H,7-8H2,1-4H3;1-10H/p+1. The molecule has 0 aliphatic rings. The Morgan fingerprint density at radius 1 is 0.906 bits per heavy atom. The second-order valence-corrected chi connectivity index (χ2v) is 9.01. The number of hydrogen-bond donors (Lipinski definition) is 1. The zero-order valence-electron chi connectivity index (χ0n) is 18.9. The van der Waals surface area contributed by atoms with Crippen molar-refractivity contribution < 1.29 is 23.5 Å². The van der Waals surface area contributed by atoms with Gasteiger partial charge < -0.3 is 4.74 Å². The van der Waals surface area contributed by atoms with Crippen LogP contribution in [-0.4, -0.2) is 17.5 Å². The van der Waals surface area contributed by atoms with E-state index in [2.05, 4.69) is 53.1 Å². The number of aryl methyl sites for hydroxylation is 1. The van der Waals surface area contributed by atoms with Crippen molar-refractivity contribution in [2.75, 3.05) is 6.61 Å². The van der Waals surface area contributed by atoms with Gasteiger partial charge in [0.25, 0.3) is 0 Å². The minimum atomic E-state index is -2.68. The average molecular weight is 453 g/mol. The highest BCUT2D eigenvalue weighted by Crippen LogP contribution is 2.32. The van der Waals surface area contributed by atoms with Crippen LogP contribution in [0.15, 0.2) is 78.9 Å². The van der Waals surface area contributed by atoms with E-state index in [1.54, 1.807) is 0 Å². The van der Waals surface area contributed by atoms with Crippen LogP contribution in [0.4, 0.5) is 0 Å². The van der Waals surface area contributed by atoms with E-state index in [4.69, 9.17) is 9.63 Å². The van der Waals surface area contributed by atoms with Crippen molar-refractivity contribution in [1.29, 1.82) is 0 Å². The third-order valence-electron chi connectivity index (χ3n) is 4.56. The molecular weight excluding hydrogens is 423 g/mol. The first-order valence-corrected chi connectivity index (χ1v) is 11.5. The summed E-state index contributed by atoms with van der Waals surface area (Å²) >= 11 is 0. The zero-order chi connectivity index (χ0) is 23.6. The SMILES string of the molecule is Cc1ccc(C(C)(C)C)c(OC(=O)CCO[P+](=O)O)c1.c1ccc(-c2ccccc2)cc1. The molecule has 1 unspecified atom stereocenters. The van der Waals surface area contributed by atoms with Gasteiger partial charge in [0.05, 0.1) is 6.42 Å². The summed E-state index contributed by atoms with van der Waals surface area (Å²) < 4.78 is 20.1. The first-order chi connectivity index (χ1) is 15.2. The molecule has 3 rings (SSSR count). The van der Waals surface area contributed by atoms with Gasteiger partial charge in [0.15, 0.2) is 0 Å². The molecule has 1 atom stereocenters. The predicted octanol–water partition coefficient (Wildman–Crippen LogP) is 6.61. The van der Waals surface area contributed by atoms with Gasteiger partial charge in [-0.05, 0) is 35.1 Å². The molecule has 1 N–H and O–H groups in total. The van der Waals surface area contributed by atoms with E-state index in [9.17, 15) is 9.36 Å². The smallest absolute Gasteiger partial charge is 0.426 e. The molecule has 0 aromatic heterocycles. The van der Waals surface area contributed by atoms with Crippen molar-refractivity contribution in [1.82, 2.24) is 0 Å². The maximum atomic E-state index is 11.7. The number of benzene rings is 3. The second-order valence-electron chi connectivity index (χ2n) is 8.28. The van der Waals surface area contributed by atoms with Crippen LogP contribution in [0.2, 0.25) is 0 Å². The number of ether oxygens (including phenoxy) is 1. The maximum absolute atomic E-state index is 11.7. The largest absolute Gasteiger partial charge is 0.694 e. The predicted molar refractivity (Wildman–Crippen MR) is 128 cm³/mol. The normalized spacial score (nSPS) is 11.2. The van der Waals surface area contributed by atoms with Crippen molar-refractivity contribution in [3.63, 3.8) is 0 Å². The van der Waals surface area contributed by atoms with Crippen LogP contribution in [0, 0.1) is 6.92 Å². The van der Waals surface area contributed by atoms with E-state index in [0.29, 0.717) is 5.75 Å². The minimum Gasteiger partial charge on any atom is -0.426 e. The van der Waals surface area contributed by atoms with Crippen molar-refractivity contribution in [2.45, 2.75) is 39.5 Å². The Balaban J connectivity index is 0.000000255. The zero-order valence-corrected chi connectivity index (χ0v) is 19.8. The Morgan fingerprint density at radius 3 is 1.91 bits per heavy atom. The first-order valence-electron chi connectivity index (χ1n) is 10.4. The molecule has 32 heavy (non-hydrogen) atoms. The summed E-state index contributed by atoms with van der Waals surface area (Å²) in [6, 6.07) is 26.5. The fourth-order valence-electron chi connectivity index (χ4n) is 2.98. The molecule has 0 heterocycles. The molecule has 6 heteroatoms. The number of esters is 1. The molecule has 0 saturated carbocycles. The van der Waals surface area contributed by atoms with Crippen LogP contribution >= 0.6 is 8.25 Å². The van der Waals surface area contributed by atoms with E-state index in [-0.39, 0.29) is 18.4 Å². The summed E-state index contributed by atoms with van der Waals surface area (Å²) in [7, 11) is -2.68. The topological polar surface area (TPSA) is 72.8 Å². The molecular formula is C26H30O5P+. The quantitative estimate of drug-likeness (QED) is 0.258. The van der Waals surface area contributed by atoms with E-state index in [1.807, 2.05) is 58.0 Å². The second kappa shape index (κ2) is 12.3. The molecule has 168 valence electrons. The van der Waals surface area contributed by atoms with Gasteiger partial charge in [0.2, 0.25) is 0 Å². The van der Waals surface area contributed by atoms with Gasteiger partial charge in [-0.1, -0.05) is 93.6 Å². The van der Waals surface area contributed by atoms with Crippen LogP contribution in [0.5, 0.6) is 5.75 Å². The number of carbonyl (C=O) groups excluding carboxylic acids is 1. The average Bonchev–Trinajstić information content (AvgIpc) is 2.74. The molecule has 0 spiro atoms. The highest BCUT2D eigenvalue weighted by Gasteiger charge is 2.21.